The zero-order chi connectivity index (χ0) is 21.9. The van der Waals surface area contributed by atoms with Gasteiger partial charge in [-0.2, -0.15) is 4.31 Å². The normalized spacial score (nSPS) is 15.6. The summed E-state index contributed by atoms with van der Waals surface area (Å²) in [6.45, 7) is 8.07. The van der Waals surface area contributed by atoms with Crippen molar-refractivity contribution in [1.29, 1.82) is 0 Å². The van der Waals surface area contributed by atoms with E-state index in [1.807, 2.05) is 24.3 Å². The van der Waals surface area contributed by atoms with Gasteiger partial charge in [0.15, 0.2) is 0 Å². The Hall–Kier alpha value is -2.36. The molecule has 0 radical (unpaired) electrons. The first-order valence-electron chi connectivity index (χ1n) is 10.3. The molecule has 0 unspecified atom stereocenters. The Balaban J connectivity index is 1.84. The van der Waals surface area contributed by atoms with Crippen LogP contribution in [0.5, 0.6) is 0 Å². The highest BCUT2D eigenvalue weighted by Crippen LogP contribution is 2.27. The Morgan fingerprint density at radius 1 is 1.07 bits per heavy atom. The van der Waals surface area contributed by atoms with E-state index in [1.54, 1.807) is 25.5 Å². The van der Waals surface area contributed by atoms with Crippen molar-refractivity contribution in [2.75, 3.05) is 56.5 Å². The van der Waals surface area contributed by atoms with Gasteiger partial charge in [-0.3, -0.25) is 4.79 Å². The van der Waals surface area contributed by atoms with E-state index in [2.05, 4.69) is 22.2 Å². The second kappa shape index (κ2) is 9.20. The Kier molecular flexibility index (Phi) is 6.84. The molecule has 0 bridgehead atoms. The van der Waals surface area contributed by atoms with Gasteiger partial charge >= 0.3 is 0 Å². The number of hydrogen-bond donors (Lipinski definition) is 1. The number of nitrogens with zero attached hydrogens (tertiary/aromatic N) is 4. The summed E-state index contributed by atoms with van der Waals surface area (Å²) in [4.78, 5) is 17.7. The topological polar surface area (TPSA) is 77.9 Å². The van der Waals surface area contributed by atoms with Crippen LogP contribution in [-0.4, -0.2) is 74.4 Å². The third-order valence-electron chi connectivity index (χ3n) is 5.55. The molecule has 1 aromatic carbocycles. The minimum atomic E-state index is -3.62. The number of rotatable bonds is 7. The van der Waals surface area contributed by atoms with Crippen LogP contribution < -0.4 is 10.2 Å². The summed E-state index contributed by atoms with van der Waals surface area (Å²) in [6, 6.07) is 9.17. The van der Waals surface area contributed by atoms with Gasteiger partial charge in [0.1, 0.15) is 10.6 Å². The number of carbonyl (C=O) groups excluding carboxylic acids is 1. The molecule has 1 saturated heterocycles. The Morgan fingerprint density at radius 2 is 1.70 bits per heavy atom. The van der Waals surface area contributed by atoms with E-state index in [9.17, 15) is 13.2 Å². The molecule has 0 spiro atoms. The minimum absolute atomic E-state index is 0.131. The number of benzene rings is 1. The van der Waals surface area contributed by atoms with Crippen LogP contribution in [0.3, 0.4) is 0 Å². The molecular weight excluding hydrogens is 402 g/mol. The van der Waals surface area contributed by atoms with Crippen LogP contribution in [0, 0.1) is 0 Å². The van der Waals surface area contributed by atoms with Gasteiger partial charge in [-0.25, -0.2) is 8.42 Å². The zero-order valence-electron chi connectivity index (χ0n) is 18.1. The van der Waals surface area contributed by atoms with E-state index >= 15 is 0 Å². The Morgan fingerprint density at radius 3 is 2.33 bits per heavy atom. The van der Waals surface area contributed by atoms with Gasteiger partial charge < -0.3 is 19.7 Å². The molecule has 1 aliphatic heterocycles. The highest BCUT2D eigenvalue weighted by atomic mass is 32.2. The van der Waals surface area contributed by atoms with Crippen molar-refractivity contribution in [3.8, 4) is 0 Å². The molecule has 9 heteroatoms. The summed E-state index contributed by atoms with van der Waals surface area (Å²) in [7, 11) is 0.164. The molecular formula is C21H31N5O3S. The number of para-hydroxylation sites is 2. The van der Waals surface area contributed by atoms with Crippen molar-refractivity contribution in [3.05, 3.63) is 42.2 Å². The summed E-state index contributed by atoms with van der Waals surface area (Å²) in [5.74, 6) is -0.333. The second-order valence-electron chi connectivity index (χ2n) is 7.52. The molecule has 1 aliphatic rings. The van der Waals surface area contributed by atoms with Gasteiger partial charge in [0.25, 0.3) is 5.91 Å². The molecule has 0 atom stereocenters. The van der Waals surface area contributed by atoms with Gasteiger partial charge in [0, 0.05) is 52.5 Å². The highest BCUT2D eigenvalue weighted by molar-refractivity contribution is 7.89. The van der Waals surface area contributed by atoms with Gasteiger partial charge in [0.2, 0.25) is 10.0 Å². The molecule has 164 valence electrons. The first kappa shape index (κ1) is 22.3. The molecule has 3 rings (SSSR count). The molecule has 2 aromatic rings. The minimum Gasteiger partial charge on any atom is -0.367 e. The largest absolute Gasteiger partial charge is 0.367 e. The lowest BCUT2D eigenvalue weighted by Gasteiger charge is -2.35. The fourth-order valence-electron chi connectivity index (χ4n) is 3.70. The number of amides is 1. The highest BCUT2D eigenvalue weighted by Gasteiger charge is 2.26. The van der Waals surface area contributed by atoms with Crippen LogP contribution >= 0.6 is 0 Å². The lowest BCUT2D eigenvalue weighted by atomic mass is 10.2. The number of nitrogens with one attached hydrogen (secondary N) is 1. The Labute approximate surface area is 179 Å². The third kappa shape index (κ3) is 4.53. The van der Waals surface area contributed by atoms with Gasteiger partial charge in [-0.1, -0.05) is 26.0 Å². The summed E-state index contributed by atoms with van der Waals surface area (Å²) < 4.78 is 28.5. The molecule has 1 aromatic heterocycles. The second-order valence-corrected chi connectivity index (χ2v) is 9.46. The van der Waals surface area contributed by atoms with Crippen LogP contribution in [0.25, 0.3) is 0 Å². The summed E-state index contributed by atoms with van der Waals surface area (Å²) in [5, 5.41) is 2.97. The van der Waals surface area contributed by atoms with Crippen LogP contribution in [-0.2, 0) is 17.1 Å². The average molecular weight is 434 g/mol. The molecule has 0 saturated carbocycles. The van der Waals surface area contributed by atoms with E-state index in [0.717, 1.165) is 37.6 Å². The number of sulfonamides is 1. The molecule has 0 aliphatic carbocycles. The Bertz CT molecular complexity index is 990. The van der Waals surface area contributed by atoms with Crippen LogP contribution in [0.2, 0.25) is 0 Å². The molecule has 2 heterocycles. The summed E-state index contributed by atoms with van der Waals surface area (Å²) >= 11 is 0. The van der Waals surface area contributed by atoms with Crippen LogP contribution in [0.15, 0.2) is 41.4 Å². The van der Waals surface area contributed by atoms with Crippen molar-refractivity contribution < 1.29 is 13.2 Å². The maximum Gasteiger partial charge on any atom is 0.272 e. The first-order valence-corrected chi connectivity index (χ1v) is 11.7. The smallest absolute Gasteiger partial charge is 0.272 e. The molecule has 30 heavy (non-hydrogen) atoms. The SMILES string of the molecule is CCN(CC)S(=O)(=O)c1cc(C(=O)Nc2ccccc2N2CCN(C)CC2)n(C)c1. The molecule has 1 N–H and O–H groups in total. The average Bonchev–Trinajstić information content (AvgIpc) is 3.12. The monoisotopic (exact) mass is 433 g/mol. The number of piperazine rings is 1. The first-order chi connectivity index (χ1) is 14.3. The van der Waals surface area contributed by atoms with E-state index in [4.69, 9.17) is 0 Å². The predicted molar refractivity (Wildman–Crippen MR) is 120 cm³/mol. The third-order valence-corrected chi connectivity index (χ3v) is 7.57. The number of anilines is 2. The summed E-state index contributed by atoms with van der Waals surface area (Å²) in [6.07, 6.45) is 1.49. The van der Waals surface area contributed by atoms with E-state index in [1.165, 1.54) is 16.6 Å². The quantitative estimate of drug-likeness (QED) is 0.723. The number of hydrogen-bond acceptors (Lipinski definition) is 5. The van der Waals surface area contributed by atoms with Crippen LogP contribution in [0.1, 0.15) is 24.3 Å². The number of likely N-dealkylation sites (N-methyl/N-ethyl adjacent to an activating group) is 1. The maximum absolute atomic E-state index is 13.0. The maximum atomic E-state index is 13.0. The van der Waals surface area contributed by atoms with E-state index < -0.39 is 10.0 Å². The lowest BCUT2D eigenvalue weighted by molar-refractivity contribution is 0.101. The molecule has 8 nitrogen and oxygen atoms in total. The van der Waals surface area contributed by atoms with Gasteiger partial charge in [-0.15, -0.1) is 0 Å². The number of aryl methyl sites for hydroxylation is 1. The van der Waals surface area contributed by atoms with Crippen molar-refractivity contribution >= 4 is 27.3 Å². The van der Waals surface area contributed by atoms with E-state index in [-0.39, 0.29) is 10.8 Å². The predicted octanol–water partition coefficient (Wildman–Crippen LogP) is 2.06. The standard InChI is InChI=1S/C21H31N5O3S/c1-5-26(6-2)30(28,29)17-15-20(24(4)16-17)21(27)22-18-9-7-8-10-19(18)25-13-11-23(3)12-14-25/h7-10,15-16H,5-6,11-14H2,1-4H3,(H,22,27). The molecule has 1 amide bonds. The molecule has 1 fully saturated rings. The number of aromatic nitrogens is 1. The van der Waals surface area contributed by atoms with Crippen LogP contribution in [0.4, 0.5) is 11.4 Å². The fourth-order valence-corrected chi connectivity index (χ4v) is 5.23. The van der Waals surface area contributed by atoms with Crippen molar-refractivity contribution in [2.24, 2.45) is 7.05 Å². The zero-order valence-corrected chi connectivity index (χ0v) is 18.9. The number of carbonyl (C=O) groups is 1. The van der Waals surface area contributed by atoms with Crippen molar-refractivity contribution in [1.82, 2.24) is 13.8 Å². The fraction of sp³-hybridized carbons (Fsp3) is 0.476. The van der Waals surface area contributed by atoms with Crippen molar-refractivity contribution in [2.45, 2.75) is 18.7 Å². The van der Waals surface area contributed by atoms with Crippen molar-refractivity contribution in [3.63, 3.8) is 0 Å². The van der Waals surface area contributed by atoms with Gasteiger partial charge in [-0.05, 0) is 25.2 Å². The van der Waals surface area contributed by atoms with E-state index in [0.29, 0.717) is 18.8 Å². The summed E-state index contributed by atoms with van der Waals surface area (Å²) in [5.41, 5.74) is 2.00. The van der Waals surface area contributed by atoms with Gasteiger partial charge in [0.05, 0.1) is 11.4 Å². The lowest BCUT2D eigenvalue weighted by Crippen LogP contribution is -2.44.